The molecule has 0 aliphatic carbocycles. The fraction of sp³-hybridized carbons (Fsp3) is 0.529. The molecule has 244 valence electrons. The number of rotatable bonds is 25. The average molecular weight is 615 g/mol. The summed E-state index contributed by atoms with van der Waals surface area (Å²) < 4.78 is 9.75. The summed E-state index contributed by atoms with van der Waals surface area (Å²) in [7, 11) is 0. The number of amides is 1. The molecule has 10 heteroatoms. The molecule has 2 rings (SSSR count). The molecule has 0 bridgehead atoms. The van der Waals surface area contributed by atoms with Gasteiger partial charge in [-0.05, 0) is 62.8 Å². The Morgan fingerprint density at radius 2 is 1.25 bits per heavy atom. The molecule has 44 heavy (non-hydrogen) atoms. The highest BCUT2D eigenvalue weighted by Crippen LogP contribution is 2.14. The van der Waals surface area contributed by atoms with E-state index in [9.17, 15) is 9.59 Å². The summed E-state index contributed by atoms with van der Waals surface area (Å²) in [6.07, 6.45) is 9.50. The molecule has 10 nitrogen and oxygen atoms in total. The second-order valence-corrected chi connectivity index (χ2v) is 10.6. The van der Waals surface area contributed by atoms with Gasteiger partial charge in [0.1, 0.15) is 0 Å². The topological polar surface area (TPSA) is 114 Å². The van der Waals surface area contributed by atoms with Crippen molar-refractivity contribution in [3.63, 3.8) is 0 Å². The molecule has 2 N–H and O–H groups in total. The first-order valence-electron chi connectivity index (χ1n) is 15.5. The van der Waals surface area contributed by atoms with E-state index in [1.54, 1.807) is 6.92 Å². The molecule has 0 aliphatic heterocycles. The summed E-state index contributed by atoms with van der Waals surface area (Å²) in [6, 6.07) is 17.0. The van der Waals surface area contributed by atoms with Crippen LogP contribution in [0, 0.1) is 6.92 Å². The minimum Gasteiger partial charge on any atom is -0.462 e. The molecule has 0 saturated carbocycles. The molecule has 0 heterocycles. The Bertz CT molecular complexity index is 1060. The number of esters is 1. The van der Waals surface area contributed by atoms with E-state index in [-0.39, 0.29) is 13.4 Å². The quantitative estimate of drug-likeness (QED) is 0.0300. The fourth-order valence-corrected chi connectivity index (χ4v) is 4.05. The van der Waals surface area contributed by atoms with Gasteiger partial charge in [0, 0.05) is 17.8 Å². The maximum Gasteiger partial charge on any atom is 0.409 e. The van der Waals surface area contributed by atoms with E-state index < -0.39 is 12.1 Å². The van der Waals surface area contributed by atoms with Crippen molar-refractivity contribution in [2.75, 3.05) is 45.2 Å². The first-order chi connectivity index (χ1) is 21.4. The van der Waals surface area contributed by atoms with E-state index in [2.05, 4.69) is 72.7 Å². The number of anilines is 1. The van der Waals surface area contributed by atoms with Crippen molar-refractivity contribution < 1.29 is 38.6 Å². The molecule has 0 spiro atoms. The maximum atomic E-state index is 11.5. The number of benzene rings is 2. The number of hydrogen-bond acceptors (Lipinski definition) is 9. The van der Waals surface area contributed by atoms with E-state index >= 15 is 0 Å². The summed E-state index contributed by atoms with van der Waals surface area (Å²) in [4.78, 5) is 43.1. The zero-order valence-corrected chi connectivity index (χ0v) is 26.4. The van der Waals surface area contributed by atoms with Crippen LogP contribution in [-0.2, 0) is 40.2 Å². The van der Waals surface area contributed by atoms with Crippen molar-refractivity contribution in [1.82, 2.24) is 5.32 Å². The number of carbonyl (C=O) groups excluding carboxylic acids is 2. The van der Waals surface area contributed by atoms with E-state index in [1.807, 2.05) is 0 Å². The standard InChI is InChI=1S/C34H50N2O8/c1-28(2)33(37)39-22-12-21-35-34(38)40-27-44-42-24-11-9-7-5-4-6-8-10-23-41-43-26-36-32-19-17-31(18-20-32)25-30-15-13-29(3)14-16-30/h13-20,36H,1,4-12,21-27H2,2-3H3,(H,35,38). The summed E-state index contributed by atoms with van der Waals surface area (Å²) in [6.45, 7) is 8.75. The SMILES string of the molecule is C=C(C)C(=O)OCCCNC(=O)OCOOCCCCCCCCCCOOCNc1ccc(Cc2ccc(C)cc2)cc1. The first-order valence-corrected chi connectivity index (χ1v) is 15.5. The lowest BCUT2D eigenvalue weighted by Crippen LogP contribution is -2.27. The highest BCUT2D eigenvalue weighted by atomic mass is 17.2. The van der Waals surface area contributed by atoms with E-state index in [1.165, 1.54) is 36.0 Å². The molecule has 2 aromatic carbocycles. The first kappa shape index (κ1) is 36.8. The molecule has 0 unspecified atom stereocenters. The Hall–Kier alpha value is -3.44. The van der Waals surface area contributed by atoms with Crippen LogP contribution in [0.1, 0.15) is 81.4 Å². The van der Waals surface area contributed by atoms with Gasteiger partial charge >= 0.3 is 12.1 Å². The van der Waals surface area contributed by atoms with Gasteiger partial charge in [-0.25, -0.2) is 24.3 Å². The monoisotopic (exact) mass is 614 g/mol. The van der Waals surface area contributed by atoms with Crippen molar-refractivity contribution in [3.8, 4) is 0 Å². The summed E-state index contributed by atoms with van der Waals surface area (Å²) in [5, 5.41) is 5.74. The minimum atomic E-state index is -0.623. The Kier molecular flexibility index (Phi) is 20.0. The van der Waals surface area contributed by atoms with E-state index in [0.717, 1.165) is 44.2 Å². The van der Waals surface area contributed by atoms with Gasteiger partial charge in [0.05, 0.1) is 19.8 Å². The molecule has 0 aromatic heterocycles. The fourth-order valence-electron chi connectivity index (χ4n) is 4.05. The molecular formula is C34H50N2O8. The van der Waals surface area contributed by atoms with Crippen molar-refractivity contribution in [2.45, 2.75) is 78.1 Å². The van der Waals surface area contributed by atoms with Crippen molar-refractivity contribution in [2.24, 2.45) is 0 Å². The summed E-state index contributed by atoms with van der Waals surface area (Å²) >= 11 is 0. The Balaban J connectivity index is 1.28. The van der Waals surface area contributed by atoms with Gasteiger partial charge in [-0.2, -0.15) is 4.89 Å². The second-order valence-electron chi connectivity index (χ2n) is 10.6. The van der Waals surface area contributed by atoms with E-state index in [4.69, 9.17) is 29.0 Å². The van der Waals surface area contributed by atoms with Gasteiger partial charge in [-0.3, -0.25) is 0 Å². The zero-order valence-electron chi connectivity index (χ0n) is 26.4. The third kappa shape index (κ3) is 19.0. The molecule has 0 radical (unpaired) electrons. The Morgan fingerprint density at radius 3 is 1.86 bits per heavy atom. The maximum absolute atomic E-state index is 11.5. The molecule has 2 aromatic rings. The third-order valence-corrected chi connectivity index (χ3v) is 6.60. The van der Waals surface area contributed by atoms with Gasteiger partial charge in [-0.15, -0.1) is 0 Å². The largest absolute Gasteiger partial charge is 0.462 e. The Morgan fingerprint density at radius 1 is 0.682 bits per heavy atom. The third-order valence-electron chi connectivity index (χ3n) is 6.60. The number of nitrogens with one attached hydrogen (secondary N) is 2. The van der Waals surface area contributed by atoms with Crippen LogP contribution in [0.2, 0.25) is 0 Å². The Labute approximate surface area is 262 Å². The normalized spacial score (nSPS) is 10.8. The highest BCUT2D eigenvalue weighted by molar-refractivity contribution is 5.86. The van der Waals surface area contributed by atoms with Gasteiger partial charge in [-0.1, -0.05) is 87.1 Å². The number of ether oxygens (including phenoxy) is 2. The molecular weight excluding hydrogens is 564 g/mol. The van der Waals surface area contributed by atoms with Crippen molar-refractivity contribution in [1.29, 1.82) is 0 Å². The number of alkyl carbamates (subject to hydrolysis) is 1. The number of aryl methyl sites for hydroxylation is 1. The smallest absolute Gasteiger partial charge is 0.409 e. The van der Waals surface area contributed by atoms with Crippen LogP contribution in [0.25, 0.3) is 0 Å². The van der Waals surface area contributed by atoms with Crippen LogP contribution in [-0.4, -0.2) is 52.0 Å². The second kappa shape index (κ2) is 23.9. The lowest BCUT2D eigenvalue weighted by Gasteiger charge is -2.09. The lowest BCUT2D eigenvalue weighted by molar-refractivity contribution is -0.327. The number of hydrogen-bond donors (Lipinski definition) is 2. The number of carbonyl (C=O) groups is 2. The lowest BCUT2D eigenvalue weighted by atomic mass is 10.0. The van der Waals surface area contributed by atoms with Crippen LogP contribution < -0.4 is 10.6 Å². The predicted octanol–water partition coefficient (Wildman–Crippen LogP) is 7.17. The van der Waals surface area contributed by atoms with Crippen LogP contribution in [0.5, 0.6) is 0 Å². The highest BCUT2D eigenvalue weighted by Gasteiger charge is 2.04. The molecule has 0 aliphatic rings. The predicted molar refractivity (Wildman–Crippen MR) is 170 cm³/mol. The van der Waals surface area contributed by atoms with Crippen LogP contribution in [0.4, 0.5) is 10.5 Å². The van der Waals surface area contributed by atoms with Crippen molar-refractivity contribution >= 4 is 17.7 Å². The van der Waals surface area contributed by atoms with Crippen molar-refractivity contribution in [3.05, 3.63) is 77.4 Å². The summed E-state index contributed by atoms with van der Waals surface area (Å²) in [5.41, 5.74) is 5.21. The van der Waals surface area contributed by atoms with E-state index in [0.29, 0.717) is 38.5 Å². The molecule has 0 atom stereocenters. The molecule has 0 saturated heterocycles. The van der Waals surface area contributed by atoms with Crippen LogP contribution >= 0.6 is 0 Å². The van der Waals surface area contributed by atoms with Crippen LogP contribution in [0.15, 0.2) is 60.7 Å². The van der Waals surface area contributed by atoms with Gasteiger partial charge < -0.3 is 20.1 Å². The van der Waals surface area contributed by atoms with Crippen LogP contribution in [0.3, 0.4) is 0 Å². The zero-order chi connectivity index (χ0) is 31.7. The number of unbranched alkanes of at least 4 members (excludes halogenated alkanes) is 7. The summed E-state index contributed by atoms with van der Waals surface area (Å²) in [5.74, 6) is -0.446. The van der Waals surface area contributed by atoms with Gasteiger partial charge in [0.2, 0.25) is 6.79 Å². The average Bonchev–Trinajstić information content (AvgIpc) is 3.02. The van der Waals surface area contributed by atoms with Gasteiger partial charge in [0.15, 0.2) is 6.73 Å². The molecule has 0 fully saturated rings. The van der Waals surface area contributed by atoms with Gasteiger partial charge in [0.25, 0.3) is 0 Å². The minimum absolute atomic E-state index is 0.196. The molecule has 1 amide bonds.